The average Bonchev–Trinajstić information content (AvgIpc) is 2.46. The van der Waals surface area contributed by atoms with Crippen molar-refractivity contribution in [3.8, 4) is 5.75 Å². The third kappa shape index (κ3) is 2.60. The molecule has 4 heteroatoms. The number of halogens is 1. The molecule has 0 aliphatic heterocycles. The van der Waals surface area contributed by atoms with Crippen LogP contribution >= 0.6 is 0 Å². The summed E-state index contributed by atoms with van der Waals surface area (Å²) in [7, 11) is 3.41. The highest BCUT2D eigenvalue weighted by Crippen LogP contribution is 2.36. The molecule has 3 nitrogen and oxygen atoms in total. The van der Waals surface area contributed by atoms with E-state index in [1.165, 1.54) is 6.07 Å². The number of ether oxygens (including phenoxy) is 1. The second kappa shape index (κ2) is 5.92. The van der Waals surface area contributed by atoms with Gasteiger partial charge in [-0.15, -0.1) is 0 Å². The van der Waals surface area contributed by atoms with Gasteiger partial charge in [-0.05, 0) is 30.7 Å². The van der Waals surface area contributed by atoms with Crippen molar-refractivity contribution in [2.45, 2.75) is 13.0 Å². The minimum Gasteiger partial charge on any atom is -0.495 e. The molecule has 0 aliphatic carbocycles. The fourth-order valence-corrected chi connectivity index (χ4v) is 2.28. The Morgan fingerprint density at radius 1 is 1.15 bits per heavy atom. The number of rotatable bonds is 4. The second-order valence-electron chi connectivity index (χ2n) is 4.70. The first kappa shape index (κ1) is 14.3. The summed E-state index contributed by atoms with van der Waals surface area (Å²) in [5.74, 6) is 0.391. The number of nitrogens with zero attached hydrogens (tertiary/aromatic N) is 1. The molecule has 106 valence electrons. The molecule has 0 aromatic heterocycles. The van der Waals surface area contributed by atoms with Crippen LogP contribution in [0.25, 0.3) is 0 Å². The number of nitrogens with two attached hydrogens (primary N) is 1. The van der Waals surface area contributed by atoms with Crippen molar-refractivity contribution < 1.29 is 9.13 Å². The van der Waals surface area contributed by atoms with E-state index in [1.807, 2.05) is 44.3 Å². The molecule has 0 aliphatic rings. The molecule has 2 aromatic carbocycles. The van der Waals surface area contributed by atoms with Gasteiger partial charge in [0, 0.05) is 13.1 Å². The van der Waals surface area contributed by atoms with Crippen molar-refractivity contribution in [2.75, 3.05) is 19.1 Å². The molecule has 2 N–H and O–H groups in total. The van der Waals surface area contributed by atoms with Crippen LogP contribution in [0.3, 0.4) is 0 Å². The van der Waals surface area contributed by atoms with Gasteiger partial charge in [-0.2, -0.15) is 0 Å². The molecule has 0 radical (unpaired) electrons. The molecule has 0 bridgehead atoms. The Kier molecular flexibility index (Phi) is 4.25. The first-order valence-electron chi connectivity index (χ1n) is 6.47. The molecule has 0 spiro atoms. The van der Waals surface area contributed by atoms with Gasteiger partial charge in [-0.1, -0.05) is 24.3 Å². The van der Waals surface area contributed by atoms with E-state index in [0.29, 0.717) is 11.4 Å². The zero-order valence-electron chi connectivity index (χ0n) is 11.9. The molecule has 0 heterocycles. The lowest BCUT2D eigenvalue weighted by molar-refractivity contribution is 0.415. The van der Waals surface area contributed by atoms with E-state index in [-0.39, 0.29) is 11.9 Å². The first-order chi connectivity index (χ1) is 9.56. The minimum atomic E-state index is -0.298. The second-order valence-corrected chi connectivity index (χ2v) is 4.70. The number of hydrogen-bond acceptors (Lipinski definition) is 3. The Morgan fingerprint density at radius 3 is 2.50 bits per heavy atom. The highest BCUT2D eigenvalue weighted by Gasteiger charge is 2.18. The van der Waals surface area contributed by atoms with E-state index in [1.54, 1.807) is 18.1 Å². The Labute approximate surface area is 118 Å². The van der Waals surface area contributed by atoms with Gasteiger partial charge < -0.3 is 15.4 Å². The fourth-order valence-electron chi connectivity index (χ4n) is 2.28. The monoisotopic (exact) mass is 274 g/mol. The third-order valence-corrected chi connectivity index (χ3v) is 3.29. The molecule has 1 atom stereocenters. The molecule has 0 amide bonds. The molecule has 2 rings (SSSR count). The molecular formula is C16H19FN2O. The summed E-state index contributed by atoms with van der Waals surface area (Å²) >= 11 is 0. The van der Waals surface area contributed by atoms with E-state index < -0.39 is 0 Å². The van der Waals surface area contributed by atoms with Crippen LogP contribution < -0.4 is 15.4 Å². The van der Waals surface area contributed by atoms with Gasteiger partial charge in [0.1, 0.15) is 11.6 Å². The lowest BCUT2D eigenvalue weighted by Crippen LogP contribution is -2.17. The number of para-hydroxylation sites is 3. The first-order valence-corrected chi connectivity index (χ1v) is 6.47. The molecule has 0 saturated carbocycles. The lowest BCUT2D eigenvalue weighted by Gasteiger charge is -2.26. The van der Waals surface area contributed by atoms with E-state index in [0.717, 1.165) is 11.3 Å². The van der Waals surface area contributed by atoms with Crippen LogP contribution in [0.15, 0.2) is 42.5 Å². The van der Waals surface area contributed by atoms with Crippen LogP contribution in [0, 0.1) is 5.82 Å². The van der Waals surface area contributed by atoms with Gasteiger partial charge in [-0.3, -0.25) is 0 Å². The lowest BCUT2D eigenvalue weighted by atomic mass is 10.0. The van der Waals surface area contributed by atoms with Crippen LogP contribution in [0.4, 0.5) is 15.8 Å². The largest absolute Gasteiger partial charge is 0.495 e. The van der Waals surface area contributed by atoms with E-state index >= 15 is 0 Å². The number of benzene rings is 2. The number of methoxy groups -OCH3 is 1. The molecular weight excluding hydrogens is 255 g/mol. The van der Waals surface area contributed by atoms with Crippen molar-refractivity contribution >= 4 is 11.4 Å². The van der Waals surface area contributed by atoms with E-state index in [9.17, 15) is 4.39 Å². The predicted molar refractivity (Wildman–Crippen MR) is 80.1 cm³/mol. The average molecular weight is 274 g/mol. The van der Waals surface area contributed by atoms with Crippen molar-refractivity contribution in [3.05, 3.63) is 53.8 Å². The van der Waals surface area contributed by atoms with Crippen molar-refractivity contribution in [3.63, 3.8) is 0 Å². The Balaban J connectivity index is 2.56. The van der Waals surface area contributed by atoms with Crippen molar-refractivity contribution in [1.82, 2.24) is 0 Å². The van der Waals surface area contributed by atoms with Crippen LogP contribution in [-0.2, 0) is 0 Å². The third-order valence-electron chi connectivity index (χ3n) is 3.29. The fraction of sp³-hybridized carbons (Fsp3) is 0.250. The van der Waals surface area contributed by atoms with E-state index in [4.69, 9.17) is 10.5 Å². The topological polar surface area (TPSA) is 38.5 Å². The quantitative estimate of drug-likeness (QED) is 0.925. The maximum absolute atomic E-state index is 14.2. The van der Waals surface area contributed by atoms with Gasteiger partial charge in [0.2, 0.25) is 0 Å². The van der Waals surface area contributed by atoms with Gasteiger partial charge in [0.25, 0.3) is 0 Å². The Morgan fingerprint density at radius 2 is 1.85 bits per heavy atom. The summed E-state index contributed by atoms with van der Waals surface area (Å²) in [5.41, 5.74) is 7.98. The molecule has 1 unspecified atom stereocenters. The van der Waals surface area contributed by atoms with Crippen LogP contribution in [-0.4, -0.2) is 14.2 Å². The summed E-state index contributed by atoms with van der Waals surface area (Å²) in [6.07, 6.45) is 0. The highest BCUT2D eigenvalue weighted by molar-refractivity contribution is 5.71. The zero-order chi connectivity index (χ0) is 14.7. The molecule has 0 fully saturated rings. The Hall–Kier alpha value is -2.07. The van der Waals surface area contributed by atoms with Gasteiger partial charge in [-0.25, -0.2) is 4.39 Å². The highest BCUT2D eigenvalue weighted by atomic mass is 19.1. The van der Waals surface area contributed by atoms with Gasteiger partial charge >= 0.3 is 0 Å². The summed E-state index contributed by atoms with van der Waals surface area (Å²) in [4.78, 5) is 1.77. The summed E-state index contributed by atoms with van der Waals surface area (Å²) in [6, 6.07) is 12.2. The predicted octanol–water partition coefficient (Wildman–Crippen LogP) is 3.62. The standard InChI is InChI=1S/C16H19FN2O/c1-11(18)12-7-6-8-13(17)16(12)19(2)14-9-4-5-10-15(14)20-3/h4-11H,18H2,1-3H3. The normalized spacial score (nSPS) is 12.1. The smallest absolute Gasteiger partial charge is 0.147 e. The maximum atomic E-state index is 14.2. The molecule has 0 saturated heterocycles. The Bertz CT molecular complexity index is 599. The molecule has 2 aromatic rings. The maximum Gasteiger partial charge on any atom is 0.147 e. The summed E-state index contributed by atoms with van der Waals surface area (Å²) in [5, 5.41) is 0. The zero-order valence-corrected chi connectivity index (χ0v) is 11.9. The van der Waals surface area contributed by atoms with Crippen LogP contribution in [0.1, 0.15) is 18.5 Å². The van der Waals surface area contributed by atoms with Gasteiger partial charge in [0.15, 0.2) is 0 Å². The summed E-state index contributed by atoms with van der Waals surface area (Å²) < 4.78 is 19.6. The minimum absolute atomic E-state index is 0.252. The van der Waals surface area contributed by atoms with Crippen LogP contribution in [0.5, 0.6) is 5.75 Å². The van der Waals surface area contributed by atoms with Crippen LogP contribution in [0.2, 0.25) is 0 Å². The SMILES string of the molecule is COc1ccccc1N(C)c1c(F)cccc1C(C)N. The van der Waals surface area contributed by atoms with Crippen molar-refractivity contribution in [2.24, 2.45) is 5.73 Å². The summed E-state index contributed by atoms with van der Waals surface area (Å²) in [6.45, 7) is 1.84. The van der Waals surface area contributed by atoms with E-state index in [2.05, 4.69) is 0 Å². The number of hydrogen-bond donors (Lipinski definition) is 1. The van der Waals surface area contributed by atoms with Crippen molar-refractivity contribution in [1.29, 1.82) is 0 Å². The molecule has 20 heavy (non-hydrogen) atoms. The van der Waals surface area contributed by atoms with Gasteiger partial charge in [0.05, 0.1) is 18.5 Å². The number of anilines is 2.